The molecule has 0 aliphatic carbocycles. The van der Waals surface area contributed by atoms with Gasteiger partial charge in [0.2, 0.25) is 5.91 Å². The summed E-state index contributed by atoms with van der Waals surface area (Å²) in [5.74, 6) is -1.16. The normalized spacial score (nSPS) is 22.3. The predicted molar refractivity (Wildman–Crippen MR) is 177 cm³/mol. The molecule has 1 amide bonds. The number of hydrogen-bond donors (Lipinski definition) is 4. The quantitative estimate of drug-likeness (QED) is 0.176. The molecule has 4 N–H and O–H groups in total. The summed E-state index contributed by atoms with van der Waals surface area (Å²) in [5, 5.41) is 21.3. The highest BCUT2D eigenvalue weighted by Crippen LogP contribution is 2.42. The fourth-order valence-electron chi connectivity index (χ4n) is 6.77. The van der Waals surface area contributed by atoms with E-state index in [1.54, 1.807) is 6.07 Å². The number of carboxylic acid groups (broad SMARTS) is 1. The van der Waals surface area contributed by atoms with E-state index in [1.165, 1.54) is 0 Å². The molecule has 47 heavy (non-hydrogen) atoms. The predicted octanol–water partition coefficient (Wildman–Crippen LogP) is 5.14. The van der Waals surface area contributed by atoms with Crippen LogP contribution in [0.25, 0.3) is 11.0 Å². The number of amides is 1. The first-order chi connectivity index (χ1) is 22.8. The first kappa shape index (κ1) is 32.6. The van der Waals surface area contributed by atoms with Crippen molar-refractivity contribution in [3.8, 4) is 0 Å². The fourth-order valence-corrected chi connectivity index (χ4v) is 6.77. The summed E-state index contributed by atoms with van der Waals surface area (Å²) in [5.41, 5.74) is 4.90. The number of piperidine rings is 1. The Morgan fingerprint density at radius 1 is 0.957 bits per heavy atom. The van der Waals surface area contributed by atoms with Crippen molar-refractivity contribution in [2.75, 3.05) is 25.0 Å². The van der Waals surface area contributed by atoms with Crippen LogP contribution < -0.4 is 11.0 Å². The third-order valence-corrected chi connectivity index (χ3v) is 9.34. The Labute approximate surface area is 273 Å². The maximum atomic E-state index is 12.8. The molecule has 0 spiro atoms. The first-order valence-electron chi connectivity index (χ1n) is 16.3. The molecule has 248 valence electrons. The molecule has 4 atom stereocenters. The summed E-state index contributed by atoms with van der Waals surface area (Å²) < 4.78 is 15.2. The second kappa shape index (κ2) is 14.6. The van der Waals surface area contributed by atoms with Gasteiger partial charge in [-0.05, 0) is 54.7 Å². The summed E-state index contributed by atoms with van der Waals surface area (Å²) in [6.07, 6.45) is 0.889. The minimum absolute atomic E-state index is 0.0114. The van der Waals surface area contributed by atoms with Crippen LogP contribution in [0.3, 0.4) is 0 Å². The zero-order valence-corrected chi connectivity index (χ0v) is 26.5. The fraction of sp³-hybridized carbons (Fsp3) is 0.417. The number of benzene rings is 3. The Morgan fingerprint density at radius 3 is 2.47 bits per heavy atom. The van der Waals surface area contributed by atoms with Crippen LogP contribution in [0.1, 0.15) is 74.2 Å². The molecular weight excluding hydrogens is 600 g/mol. The Hall–Kier alpha value is -4.29. The lowest BCUT2D eigenvalue weighted by Crippen LogP contribution is -2.47. The van der Waals surface area contributed by atoms with Gasteiger partial charge in [0.25, 0.3) is 0 Å². The van der Waals surface area contributed by atoms with Gasteiger partial charge in [-0.25, -0.2) is 4.79 Å². The number of carbonyl (C=O) groups excluding carboxylic acids is 1. The third-order valence-electron chi connectivity index (χ3n) is 9.34. The molecule has 6 rings (SSSR count). The molecule has 2 aliphatic heterocycles. The van der Waals surface area contributed by atoms with Crippen molar-refractivity contribution < 1.29 is 29.3 Å². The van der Waals surface area contributed by atoms with Crippen LogP contribution in [-0.2, 0) is 25.7 Å². The molecule has 2 fully saturated rings. The monoisotopic (exact) mass is 642 g/mol. The van der Waals surface area contributed by atoms with E-state index in [9.17, 15) is 19.5 Å². The largest absolute Gasteiger partial charge is 0.481 e. The Kier molecular flexibility index (Phi) is 10.2. The van der Waals surface area contributed by atoms with E-state index in [0.717, 1.165) is 53.7 Å². The van der Waals surface area contributed by atoms with E-state index >= 15 is 0 Å². The van der Waals surface area contributed by atoms with E-state index in [1.807, 2.05) is 71.3 Å². The molecule has 4 aromatic rings. The molecule has 0 bridgehead atoms. The summed E-state index contributed by atoms with van der Waals surface area (Å²) >= 11 is 0. The van der Waals surface area contributed by atoms with Crippen LogP contribution in [0.15, 0.2) is 77.6 Å². The van der Waals surface area contributed by atoms with Crippen LogP contribution in [0.5, 0.6) is 0 Å². The van der Waals surface area contributed by atoms with Crippen LogP contribution >= 0.6 is 0 Å². The number of rotatable bonds is 11. The Balaban J connectivity index is 1.17. The summed E-state index contributed by atoms with van der Waals surface area (Å²) in [4.78, 5) is 41.5. The number of H-pyrrole nitrogens is 1. The van der Waals surface area contributed by atoms with Crippen LogP contribution in [0.2, 0.25) is 0 Å². The molecule has 11 heteroatoms. The average molecular weight is 643 g/mol. The minimum Gasteiger partial charge on any atom is -0.481 e. The molecule has 2 aliphatic rings. The maximum absolute atomic E-state index is 12.8. The highest BCUT2D eigenvalue weighted by molar-refractivity contribution is 5.91. The van der Waals surface area contributed by atoms with Crippen molar-refractivity contribution in [3.63, 3.8) is 0 Å². The van der Waals surface area contributed by atoms with Crippen molar-refractivity contribution in [1.82, 2.24) is 14.5 Å². The summed E-state index contributed by atoms with van der Waals surface area (Å²) in [6.45, 7) is 4.45. The number of anilines is 1. The van der Waals surface area contributed by atoms with Gasteiger partial charge in [-0.2, -0.15) is 0 Å². The van der Waals surface area contributed by atoms with Gasteiger partial charge in [0.15, 0.2) is 6.29 Å². The molecule has 0 saturated carbocycles. The van der Waals surface area contributed by atoms with Gasteiger partial charge in [0, 0.05) is 55.7 Å². The summed E-state index contributed by atoms with van der Waals surface area (Å²) in [6, 6.07) is 23.1. The maximum Gasteiger partial charge on any atom is 0.326 e. The highest BCUT2D eigenvalue weighted by atomic mass is 16.7. The number of aliphatic carboxylic acids is 1. The zero-order chi connectivity index (χ0) is 32.9. The topological polar surface area (TPSA) is 146 Å². The van der Waals surface area contributed by atoms with Gasteiger partial charge in [-0.1, -0.05) is 55.5 Å². The van der Waals surface area contributed by atoms with E-state index in [0.29, 0.717) is 12.2 Å². The second-order valence-corrected chi connectivity index (χ2v) is 12.6. The molecular formula is C36H42N4O7. The number of aliphatic hydroxyl groups is 1. The molecule has 3 aromatic carbocycles. The van der Waals surface area contributed by atoms with Crippen molar-refractivity contribution in [1.29, 1.82) is 0 Å². The smallest absolute Gasteiger partial charge is 0.326 e. The lowest BCUT2D eigenvalue weighted by Gasteiger charge is -2.44. The van der Waals surface area contributed by atoms with Gasteiger partial charge in [-0.3, -0.25) is 14.2 Å². The molecule has 3 heterocycles. The minimum atomic E-state index is -0.926. The lowest BCUT2D eigenvalue weighted by molar-refractivity contribution is -0.276. The van der Waals surface area contributed by atoms with Gasteiger partial charge < -0.3 is 34.9 Å². The van der Waals surface area contributed by atoms with Gasteiger partial charge >= 0.3 is 11.7 Å². The number of para-hydroxylation sites is 2. The van der Waals surface area contributed by atoms with E-state index < -0.39 is 12.3 Å². The number of nitrogens with one attached hydrogen (secondary N) is 2. The number of hydrogen-bond acceptors (Lipinski definition) is 7. The van der Waals surface area contributed by atoms with E-state index in [-0.39, 0.29) is 61.6 Å². The third kappa shape index (κ3) is 7.65. The molecule has 4 unspecified atom stereocenters. The van der Waals surface area contributed by atoms with Crippen LogP contribution in [0.4, 0.5) is 5.69 Å². The van der Waals surface area contributed by atoms with Crippen molar-refractivity contribution >= 4 is 28.6 Å². The Morgan fingerprint density at radius 2 is 1.72 bits per heavy atom. The number of aliphatic hydroxyl groups excluding tert-OH is 1. The molecule has 1 aromatic heterocycles. The first-order valence-corrected chi connectivity index (χ1v) is 16.3. The number of ether oxygens (including phenoxy) is 2. The number of carbonyl (C=O) groups is 2. The summed E-state index contributed by atoms with van der Waals surface area (Å²) in [7, 11) is 0. The van der Waals surface area contributed by atoms with Crippen molar-refractivity contribution in [2.45, 2.75) is 70.2 Å². The van der Waals surface area contributed by atoms with Gasteiger partial charge in [0.05, 0.1) is 29.8 Å². The Bertz CT molecular complexity index is 1740. The highest BCUT2D eigenvalue weighted by Gasteiger charge is 2.39. The van der Waals surface area contributed by atoms with Crippen LogP contribution in [0, 0.1) is 5.92 Å². The number of likely N-dealkylation sites (tertiary alicyclic amines) is 1. The van der Waals surface area contributed by atoms with Gasteiger partial charge in [0.1, 0.15) is 0 Å². The average Bonchev–Trinajstić information content (AvgIpc) is 3.41. The van der Waals surface area contributed by atoms with E-state index in [4.69, 9.17) is 14.6 Å². The molecule has 11 nitrogen and oxygen atoms in total. The zero-order valence-electron chi connectivity index (χ0n) is 26.5. The SMILES string of the molecule is CC1C(CN2CCC(n3c(=O)[nH]c4ccccc43)CC2)OC(c2cccc(NC(=O)CCCC(=O)O)c2)OC1c1ccc(CO)cc1. The standard InChI is InChI=1S/C36H42N4O7/c1-23-31(21-39-18-16-28(17-19-39)40-30-9-3-2-8-29(30)38-36(40)45)46-35(47-34(23)25-14-12-24(22-41)13-15-25)26-6-4-7-27(20-26)37-32(42)10-5-11-33(43)44/h2-4,6-9,12-15,20,23,28,31,34-35,41H,5,10-11,16-19,21-22H2,1H3,(H,37,42)(H,38,45)(H,43,44). The van der Waals surface area contributed by atoms with Gasteiger partial charge in [-0.15, -0.1) is 0 Å². The number of aromatic amines is 1. The van der Waals surface area contributed by atoms with E-state index in [2.05, 4.69) is 22.1 Å². The number of fused-ring (bicyclic) bond motifs is 1. The second-order valence-electron chi connectivity index (χ2n) is 12.6. The van der Waals surface area contributed by atoms with Crippen molar-refractivity contribution in [3.05, 3.63) is 100.0 Å². The number of imidazole rings is 1. The molecule has 0 radical (unpaired) electrons. The molecule has 2 saturated heterocycles. The van der Waals surface area contributed by atoms with Crippen molar-refractivity contribution in [2.24, 2.45) is 5.92 Å². The number of aromatic nitrogens is 2. The lowest BCUT2D eigenvalue weighted by atomic mass is 9.89. The number of carboxylic acids is 1. The number of nitrogens with zero attached hydrogens (tertiary/aromatic N) is 2. The van der Waals surface area contributed by atoms with Crippen LogP contribution in [-0.4, -0.2) is 62.3 Å².